The zero-order valence-corrected chi connectivity index (χ0v) is 17.3. The third-order valence-electron chi connectivity index (χ3n) is 5.24. The Balaban J connectivity index is 2.20. The molecule has 0 N–H and O–H groups in total. The first-order valence-electron chi connectivity index (χ1n) is 9.61. The summed E-state index contributed by atoms with van der Waals surface area (Å²) in [5, 5.41) is 0.715. The van der Waals surface area contributed by atoms with E-state index in [9.17, 15) is 12.8 Å². The van der Waals surface area contributed by atoms with Gasteiger partial charge in [0.25, 0.3) is 10.0 Å². The Kier molecular flexibility index (Phi) is 6.08. The SMILES string of the molecule is CCCC(CC)Cc1c(OC)c(F)cc2c1ccn2S(=O)(=O)c1ccccc1. The van der Waals surface area contributed by atoms with Crippen molar-refractivity contribution in [3.63, 3.8) is 0 Å². The highest BCUT2D eigenvalue weighted by atomic mass is 32.2. The van der Waals surface area contributed by atoms with E-state index in [0.29, 0.717) is 23.2 Å². The van der Waals surface area contributed by atoms with Crippen molar-refractivity contribution in [2.45, 2.75) is 44.4 Å². The van der Waals surface area contributed by atoms with Crippen LogP contribution in [0.25, 0.3) is 10.9 Å². The first-order valence-corrected chi connectivity index (χ1v) is 11.0. The standard InChI is InChI=1S/C22H26FNO3S/c1-4-9-16(5-2)14-19-18-12-13-24(21(18)15-20(23)22(19)27-3)28(25,26)17-10-7-6-8-11-17/h6-8,10-13,15-16H,4-5,9,14H2,1-3H3. The zero-order valence-electron chi connectivity index (χ0n) is 16.5. The van der Waals surface area contributed by atoms with E-state index in [-0.39, 0.29) is 10.6 Å². The first kappa shape index (κ1) is 20.4. The van der Waals surface area contributed by atoms with Gasteiger partial charge >= 0.3 is 0 Å². The minimum absolute atomic E-state index is 0.169. The van der Waals surface area contributed by atoms with Crippen LogP contribution in [0.1, 0.15) is 38.7 Å². The Hall–Kier alpha value is -2.34. The molecule has 0 aliphatic heterocycles. The van der Waals surface area contributed by atoms with Gasteiger partial charge in [0, 0.05) is 23.2 Å². The summed E-state index contributed by atoms with van der Waals surface area (Å²) in [6.07, 6.45) is 5.19. The fourth-order valence-electron chi connectivity index (χ4n) is 3.76. The maximum atomic E-state index is 14.8. The van der Waals surface area contributed by atoms with Crippen LogP contribution in [0.4, 0.5) is 4.39 Å². The lowest BCUT2D eigenvalue weighted by molar-refractivity contribution is 0.374. The average Bonchev–Trinajstić information content (AvgIpc) is 3.12. The van der Waals surface area contributed by atoms with Crippen molar-refractivity contribution in [1.82, 2.24) is 3.97 Å². The molecule has 150 valence electrons. The number of rotatable bonds is 8. The van der Waals surface area contributed by atoms with Gasteiger partial charge in [-0.1, -0.05) is 51.3 Å². The average molecular weight is 404 g/mol. The molecule has 3 aromatic rings. The van der Waals surface area contributed by atoms with Gasteiger partial charge in [0.1, 0.15) is 0 Å². The van der Waals surface area contributed by atoms with Crippen molar-refractivity contribution in [3.8, 4) is 5.75 Å². The van der Waals surface area contributed by atoms with E-state index < -0.39 is 15.8 Å². The van der Waals surface area contributed by atoms with Crippen molar-refractivity contribution >= 4 is 20.9 Å². The third kappa shape index (κ3) is 3.65. The highest BCUT2D eigenvalue weighted by Crippen LogP contribution is 2.36. The maximum absolute atomic E-state index is 14.8. The second-order valence-electron chi connectivity index (χ2n) is 7.00. The van der Waals surface area contributed by atoms with Gasteiger partial charge in [-0.15, -0.1) is 0 Å². The normalized spacial score (nSPS) is 13.0. The molecule has 0 aliphatic carbocycles. The molecular weight excluding hydrogens is 377 g/mol. The van der Waals surface area contributed by atoms with E-state index in [1.165, 1.54) is 31.5 Å². The molecule has 0 saturated heterocycles. The number of hydrogen-bond donors (Lipinski definition) is 0. The first-order chi connectivity index (χ1) is 13.4. The van der Waals surface area contributed by atoms with Crippen LogP contribution in [0.5, 0.6) is 5.75 Å². The van der Waals surface area contributed by atoms with Crippen LogP contribution in [0.2, 0.25) is 0 Å². The van der Waals surface area contributed by atoms with E-state index in [4.69, 9.17) is 4.74 Å². The molecule has 0 fully saturated rings. The second-order valence-corrected chi connectivity index (χ2v) is 8.81. The van der Waals surface area contributed by atoms with Crippen LogP contribution in [0, 0.1) is 11.7 Å². The van der Waals surface area contributed by atoms with Crippen molar-refractivity contribution < 1.29 is 17.5 Å². The number of fused-ring (bicyclic) bond motifs is 1. The molecule has 2 aromatic carbocycles. The van der Waals surface area contributed by atoms with E-state index in [0.717, 1.165) is 28.8 Å². The van der Waals surface area contributed by atoms with E-state index >= 15 is 0 Å². The minimum Gasteiger partial charge on any atom is -0.493 e. The predicted octanol–water partition coefficient (Wildman–Crippen LogP) is 5.39. The molecule has 4 nitrogen and oxygen atoms in total. The summed E-state index contributed by atoms with van der Waals surface area (Å²) in [6, 6.07) is 11.2. The summed E-state index contributed by atoms with van der Waals surface area (Å²) in [4.78, 5) is 0.169. The Morgan fingerprint density at radius 3 is 2.46 bits per heavy atom. The number of methoxy groups -OCH3 is 1. The number of aromatic nitrogens is 1. The summed E-state index contributed by atoms with van der Waals surface area (Å²) in [5.41, 5.74) is 1.07. The smallest absolute Gasteiger partial charge is 0.268 e. The molecular formula is C22H26FNO3S. The van der Waals surface area contributed by atoms with Crippen LogP contribution in [-0.4, -0.2) is 19.5 Å². The molecule has 1 unspecified atom stereocenters. The number of ether oxygens (including phenoxy) is 1. The van der Waals surface area contributed by atoms with Crippen LogP contribution in [0.3, 0.4) is 0 Å². The van der Waals surface area contributed by atoms with Gasteiger partial charge in [-0.05, 0) is 30.5 Å². The second kappa shape index (κ2) is 8.35. The summed E-state index contributed by atoms with van der Waals surface area (Å²) in [6.45, 7) is 4.25. The summed E-state index contributed by atoms with van der Waals surface area (Å²) >= 11 is 0. The van der Waals surface area contributed by atoms with E-state index in [1.807, 2.05) is 0 Å². The molecule has 0 spiro atoms. The van der Waals surface area contributed by atoms with Crippen LogP contribution in [0.15, 0.2) is 53.6 Å². The molecule has 6 heteroatoms. The lowest BCUT2D eigenvalue weighted by Gasteiger charge is -2.18. The van der Waals surface area contributed by atoms with E-state index in [2.05, 4.69) is 13.8 Å². The van der Waals surface area contributed by atoms with Crippen LogP contribution < -0.4 is 4.74 Å². The molecule has 0 radical (unpaired) electrons. The highest BCUT2D eigenvalue weighted by Gasteiger charge is 2.24. The monoisotopic (exact) mass is 403 g/mol. The Morgan fingerprint density at radius 1 is 1.14 bits per heavy atom. The fourth-order valence-corrected chi connectivity index (χ4v) is 5.12. The minimum atomic E-state index is -3.81. The van der Waals surface area contributed by atoms with Gasteiger partial charge in [-0.25, -0.2) is 16.8 Å². The van der Waals surface area contributed by atoms with Crippen molar-refractivity contribution in [2.24, 2.45) is 5.92 Å². The summed E-state index contributed by atoms with van der Waals surface area (Å²) < 4.78 is 47.5. The predicted molar refractivity (Wildman–Crippen MR) is 110 cm³/mol. The zero-order chi connectivity index (χ0) is 20.3. The van der Waals surface area contributed by atoms with Crippen molar-refractivity contribution in [2.75, 3.05) is 7.11 Å². The molecule has 1 heterocycles. The molecule has 1 aromatic heterocycles. The van der Waals surface area contributed by atoms with E-state index in [1.54, 1.807) is 24.3 Å². The molecule has 0 saturated carbocycles. The summed E-state index contributed by atoms with van der Waals surface area (Å²) in [5.74, 6) is 0.0504. The van der Waals surface area contributed by atoms with Gasteiger partial charge in [0.15, 0.2) is 11.6 Å². The number of benzene rings is 2. The Labute approximate surface area is 166 Å². The Bertz CT molecular complexity index is 1060. The highest BCUT2D eigenvalue weighted by molar-refractivity contribution is 7.90. The Morgan fingerprint density at radius 2 is 1.86 bits per heavy atom. The number of hydrogen-bond acceptors (Lipinski definition) is 3. The maximum Gasteiger partial charge on any atom is 0.268 e. The molecule has 28 heavy (non-hydrogen) atoms. The largest absolute Gasteiger partial charge is 0.493 e. The topological polar surface area (TPSA) is 48.3 Å². The van der Waals surface area contributed by atoms with Gasteiger partial charge < -0.3 is 4.74 Å². The molecule has 0 bridgehead atoms. The number of halogens is 1. The van der Waals surface area contributed by atoms with Gasteiger partial charge in [-0.3, -0.25) is 0 Å². The lowest BCUT2D eigenvalue weighted by Crippen LogP contribution is -2.12. The van der Waals surface area contributed by atoms with Gasteiger partial charge in [0.2, 0.25) is 0 Å². The van der Waals surface area contributed by atoms with Gasteiger partial charge in [0.05, 0.1) is 17.5 Å². The molecule has 3 rings (SSSR count). The van der Waals surface area contributed by atoms with Crippen LogP contribution >= 0.6 is 0 Å². The fraction of sp³-hybridized carbons (Fsp3) is 0.364. The quantitative estimate of drug-likeness (QED) is 0.506. The van der Waals surface area contributed by atoms with Crippen LogP contribution in [-0.2, 0) is 16.4 Å². The lowest BCUT2D eigenvalue weighted by atomic mass is 9.90. The summed E-state index contributed by atoms with van der Waals surface area (Å²) in [7, 11) is -2.36. The molecule has 1 atom stereocenters. The van der Waals surface area contributed by atoms with Crippen molar-refractivity contribution in [3.05, 3.63) is 60.0 Å². The molecule has 0 aliphatic rings. The molecule has 0 amide bonds. The van der Waals surface area contributed by atoms with Gasteiger partial charge in [-0.2, -0.15) is 0 Å². The number of nitrogens with zero attached hydrogens (tertiary/aromatic N) is 1. The third-order valence-corrected chi connectivity index (χ3v) is 6.94. The van der Waals surface area contributed by atoms with Crippen molar-refractivity contribution in [1.29, 1.82) is 0 Å².